The number of carboxylic acids is 1. The predicted molar refractivity (Wildman–Crippen MR) is 63.8 cm³/mol. The first-order chi connectivity index (χ1) is 8.65. The van der Waals surface area contributed by atoms with Crippen LogP contribution in [0.15, 0.2) is 22.8 Å². The molecule has 1 aromatic heterocycles. The zero-order chi connectivity index (χ0) is 13.1. The highest BCUT2D eigenvalue weighted by Crippen LogP contribution is 2.37. The molecule has 18 heavy (non-hydrogen) atoms. The minimum absolute atomic E-state index is 0.00995. The highest BCUT2D eigenvalue weighted by atomic mass is 16.4. The van der Waals surface area contributed by atoms with Gasteiger partial charge in [-0.25, -0.2) is 0 Å². The summed E-state index contributed by atoms with van der Waals surface area (Å²) in [7, 11) is 0. The van der Waals surface area contributed by atoms with Crippen molar-refractivity contribution in [1.82, 2.24) is 4.90 Å². The molecule has 0 saturated carbocycles. The molecule has 0 aromatic carbocycles. The van der Waals surface area contributed by atoms with Crippen molar-refractivity contribution < 1.29 is 19.1 Å². The van der Waals surface area contributed by atoms with Crippen molar-refractivity contribution in [3.63, 3.8) is 0 Å². The molecule has 1 aliphatic heterocycles. The number of carbonyl (C=O) groups excluding carboxylic acids is 1. The van der Waals surface area contributed by atoms with Gasteiger partial charge in [0, 0.05) is 13.0 Å². The molecule has 0 radical (unpaired) electrons. The maximum absolute atomic E-state index is 11.9. The summed E-state index contributed by atoms with van der Waals surface area (Å²) in [4.78, 5) is 24.9. The van der Waals surface area contributed by atoms with E-state index >= 15 is 0 Å². The van der Waals surface area contributed by atoms with E-state index in [-0.39, 0.29) is 5.91 Å². The van der Waals surface area contributed by atoms with E-state index in [0.29, 0.717) is 25.1 Å². The molecule has 98 valence electrons. The van der Waals surface area contributed by atoms with E-state index in [2.05, 4.69) is 0 Å². The molecule has 5 nitrogen and oxygen atoms in total. The van der Waals surface area contributed by atoms with Gasteiger partial charge in [-0.15, -0.1) is 0 Å². The topological polar surface area (TPSA) is 70.8 Å². The SMILES string of the molecule is CCCN1C(=O)CCC(C(=O)O)C1c1ccco1. The molecule has 1 amide bonds. The van der Waals surface area contributed by atoms with E-state index in [1.54, 1.807) is 17.0 Å². The summed E-state index contributed by atoms with van der Waals surface area (Å²) in [6, 6.07) is 2.98. The zero-order valence-electron chi connectivity index (χ0n) is 10.3. The van der Waals surface area contributed by atoms with E-state index in [1.165, 1.54) is 6.26 Å². The van der Waals surface area contributed by atoms with Crippen LogP contribution in [0.3, 0.4) is 0 Å². The van der Waals surface area contributed by atoms with Crippen LogP contribution in [-0.4, -0.2) is 28.4 Å². The molecule has 1 fully saturated rings. The number of amides is 1. The van der Waals surface area contributed by atoms with Gasteiger partial charge >= 0.3 is 5.97 Å². The van der Waals surface area contributed by atoms with Gasteiger partial charge in [0.25, 0.3) is 0 Å². The molecule has 2 unspecified atom stereocenters. The van der Waals surface area contributed by atoms with Crippen LogP contribution in [-0.2, 0) is 9.59 Å². The summed E-state index contributed by atoms with van der Waals surface area (Å²) in [6.45, 7) is 2.53. The summed E-state index contributed by atoms with van der Waals surface area (Å²) in [6.07, 6.45) is 2.99. The highest BCUT2D eigenvalue weighted by molar-refractivity contribution is 5.81. The molecule has 2 atom stereocenters. The van der Waals surface area contributed by atoms with Crippen molar-refractivity contribution in [1.29, 1.82) is 0 Å². The average molecular weight is 251 g/mol. The van der Waals surface area contributed by atoms with Crippen LogP contribution in [0.4, 0.5) is 0 Å². The number of furan rings is 1. The quantitative estimate of drug-likeness (QED) is 0.889. The molecule has 0 bridgehead atoms. The van der Waals surface area contributed by atoms with Crippen LogP contribution in [0, 0.1) is 5.92 Å². The maximum atomic E-state index is 11.9. The Kier molecular flexibility index (Phi) is 3.69. The third-order valence-corrected chi connectivity index (χ3v) is 3.32. The summed E-state index contributed by atoms with van der Waals surface area (Å²) in [5.41, 5.74) is 0. The second-order valence-electron chi connectivity index (χ2n) is 4.53. The van der Waals surface area contributed by atoms with Crippen LogP contribution in [0.1, 0.15) is 38.0 Å². The Hall–Kier alpha value is -1.78. The molecule has 1 aromatic rings. The summed E-state index contributed by atoms with van der Waals surface area (Å²) in [5.74, 6) is -0.884. The molecule has 0 aliphatic carbocycles. The van der Waals surface area contributed by atoms with Crippen LogP contribution in [0.2, 0.25) is 0 Å². The Morgan fingerprint density at radius 3 is 2.94 bits per heavy atom. The molecule has 2 rings (SSSR count). The van der Waals surface area contributed by atoms with Gasteiger partial charge in [-0.2, -0.15) is 0 Å². The summed E-state index contributed by atoms with van der Waals surface area (Å²) in [5, 5.41) is 9.30. The van der Waals surface area contributed by atoms with E-state index in [1.807, 2.05) is 6.92 Å². The van der Waals surface area contributed by atoms with E-state index in [0.717, 1.165) is 6.42 Å². The monoisotopic (exact) mass is 251 g/mol. The number of likely N-dealkylation sites (tertiary alicyclic amines) is 1. The molecule has 1 N–H and O–H groups in total. The van der Waals surface area contributed by atoms with Gasteiger partial charge in [0.05, 0.1) is 12.2 Å². The minimum Gasteiger partial charge on any atom is -0.481 e. The lowest BCUT2D eigenvalue weighted by atomic mass is 9.87. The lowest BCUT2D eigenvalue weighted by molar-refractivity contribution is -0.152. The third-order valence-electron chi connectivity index (χ3n) is 3.32. The fourth-order valence-corrected chi connectivity index (χ4v) is 2.53. The molecule has 5 heteroatoms. The number of hydrogen-bond donors (Lipinski definition) is 1. The van der Waals surface area contributed by atoms with Crippen molar-refractivity contribution >= 4 is 11.9 Å². The highest BCUT2D eigenvalue weighted by Gasteiger charge is 2.41. The molecule has 0 spiro atoms. The van der Waals surface area contributed by atoms with Gasteiger partial charge in [-0.05, 0) is 25.0 Å². The van der Waals surface area contributed by atoms with Crippen LogP contribution in [0.5, 0.6) is 0 Å². The van der Waals surface area contributed by atoms with Crippen LogP contribution >= 0.6 is 0 Å². The van der Waals surface area contributed by atoms with Crippen LogP contribution in [0.25, 0.3) is 0 Å². The normalized spacial score (nSPS) is 24.3. The number of carboxylic acid groups (broad SMARTS) is 1. The number of piperidine rings is 1. The Morgan fingerprint density at radius 1 is 1.61 bits per heavy atom. The summed E-state index contributed by atoms with van der Waals surface area (Å²) >= 11 is 0. The van der Waals surface area contributed by atoms with Crippen molar-refractivity contribution in [2.75, 3.05) is 6.54 Å². The van der Waals surface area contributed by atoms with Crippen LogP contribution < -0.4 is 0 Å². The van der Waals surface area contributed by atoms with Gasteiger partial charge < -0.3 is 14.4 Å². The molecule has 2 heterocycles. The van der Waals surface area contributed by atoms with Crippen molar-refractivity contribution in [3.05, 3.63) is 24.2 Å². The zero-order valence-corrected chi connectivity index (χ0v) is 10.3. The van der Waals surface area contributed by atoms with Crippen molar-refractivity contribution in [3.8, 4) is 0 Å². The number of aliphatic carboxylic acids is 1. The molecular formula is C13H17NO4. The van der Waals surface area contributed by atoms with Gasteiger partial charge in [0.15, 0.2) is 0 Å². The Labute approximate surface area is 105 Å². The Bertz CT molecular complexity index is 426. The second kappa shape index (κ2) is 5.25. The van der Waals surface area contributed by atoms with E-state index in [4.69, 9.17) is 4.42 Å². The maximum Gasteiger partial charge on any atom is 0.309 e. The lowest BCUT2D eigenvalue weighted by Gasteiger charge is -2.38. The lowest BCUT2D eigenvalue weighted by Crippen LogP contribution is -2.45. The number of hydrogen-bond acceptors (Lipinski definition) is 3. The number of nitrogens with zero attached hydrogens (tertiary/aromatic N) is 1. The molecule has 1 saturated heterocycles. The number of carbonyl (C=O) groups is 2. The fraction of sp³-hybridized carbons (Fsp3) is 0.538. The van der Waals surface area contributed by atoms with Crippen molar-refractivity contribution in [2.45, 2.75) is 32.2 Å². The number of rotatable bonds is 4. The first kappa shape index (κ1) is 12.7. The fourth-order valence-electron chi connectivity index (χ4n) is 2.53. The predicted octanol–water partition coefficient (Wildman–Crippen LogP) is 2.05. The first-order valence-electron chi connectivity index (χ1n) is 6.20. The first-order valence-corrected chi connectivity index (χ1v) is 6.20. The van der Waals surface area contributed by atoms with Gasteiger partial charge in [-0.1, -0.05) is 6.92 Å². The smallest absolute Gasteiger partial charge is 0.309 e. The Morgan fingerprint density at radius 2 is 2.39 bits per heavy atom. The minimum atomic E-state index is -0.870. The van der Waals surface area contributed by atoms with E-state index < -0.39 is 17.9 Å². The Balaban J connectivity index is 2.34. The van der Waals surface area contributed by atoms with Gasteiger partial charge in [0.2, 0.25) is 5.91 Å². The standard InChI is InChI=1S/C13H17NO4/c1-2-7-14-11(15)6-5-9(13(16)17)12(14)10-4-3-8-18-10/h3-4,8-9,12H,2,5-7H2,1H3,(H,16,17). The largest absolute Gasteiger partial charge is 0.481 e. The van der Waals surface area contributed by atoms with Gasteiger partial charge in [0.1, 0.15) is 11.8 Å². The van der Waals surface area contributed by atoms with E-state index in [9.17, 15) is 14.7 Å². The average Bonchev–Trinajstić information content (AvgIpc) is 2.84. The second-order valence-corrected chi connectivity index (χ2v) is 4.53. The molecule has 1 aliphatic rings. The molecular weight excluding hydrogens is 234 g/mol. The van der Waals surface area contributed by atoms with Gasteiger partial charge in [-0.3, -0.25) is 9.59 Å². The third kappa shape index (κ3) is 2.25. The summed E-state index contributed by atoms with van der Waals surface area (Å²) < 4.78 is 5.32. The van der Waals surface area contributed by atoms with Crippen molar-refractivity contribution in [2.24, 2.45) is 5.92 Å².